The van der Waals surface area contributed by atoms with Gasteiger partial charge in [-0.2, -0.15) is 0 Å². The van der Waals surface area contributed by atoms with E-state index in [1.165, 1.54) is 12.3 Å². The van der Waals surface area contributed by atoms with Crippen LogP contribution in [-0.2, 0) is 0 Å². The number of nitro benzene ring substituents is 1. The summed E-state index contributed by atoms with van der Waals surface area (Å²) < 4.78 is 5.41. The number of aliphatic imine (C=N–C) groups is 1. The molecule has 2 aromatic rings. The number of likely N-dealkylation sites (N-methyl/N-ethyl adjacent to an activating group) is 1. The number of benzene rings is 2. The van der Waals surface area contributed by atoms with Crippen molar-refractivity contribution in [1.29, 1.82) is 0 Å². The average molecular weight is 378 g/mol. The van der Waals surface area contributed by atoms with Crippen LogP contribution in [0.1, 0.15) is 17.2 Å². The standard InChI is InChI=1S/C18H20ClN3O4/c1-21(2)16(14-6-4-5-7-17(14)26-3)11-20-10-12-8-13(19)9-15(18(12)23)22(24)25/h4-10,16,23H,11H2,1-3H3/t16-/m1/s1. The fourth-order valence-electron chi connectivity index (χ4n) is 2.63. The summed E-state index contributed by atoms with van der Waals surface area (Å²) in [4.78, 5) is 15.7. The van der Waals surface area contributed by atoms with Gasteiger partial charge in [0.05, 0.1) is 38.2 Å². The summed E-state index contributed by atoms with van der Waals surface area (Å²) >= 11 is 5.87. The smallest absolute Gasteiger partial charge is 0.263 e. The molecule has 0 saturated carbocycles. The van der Waals surface area contributed by atoms with Gasteiger partial charge in [0.2, 0.25) is 0 Å². The van der Waals surface area contributed by atoms with Crippen LogP contribution < -0.4 is 14.7 Å². The molecule has 0 aliphatic carbocycles. The lowest BCUT2D eigenvalue weighted by Gasteiger charge is -2.22. The highest BCUT2D eigenvalue weighted by molar-refractivity contribution is 6.31. The van der Waals surface area contributed by atoms with Gasteiger partial charge < -0.3 is 14.7 Å². The first-order valence-corrected chi connectivity index (χ1v) is 8.30. The monoisotopic (exact) mass is 377 g/mol. The Morgan fingerprint density at radius 3 is 2.65 bits per heavy atom. The number of ether oxygens (including phenoxy) is 1. The number of nitrogens with one attached hydrogen (secondary N) is 1. The van der Waals surface area contributed by atoms with Gasteiger partial charge in [-0.15, -0.1) is 0 Å². The molecule has 2 rings (SSSR count). The molecule has 1 atom stereocenters. The molecule has 0 aliphatic heterocycles. The molecule has 0 aliphatic rings. The number of nitro groups is 1. The normalized spacial score (nSPS) is 12.5. The van der Waals surface area contributed by atoms with Gasteiger partial charge in [-0.3, -0.25) is 15.1 Å². The largest absolute Gasteiger partial charge is 0.867 e. The van der Waals surface area contributed by atoms with Crippen molar-refractivity contribution in [3.8, 4) is 11.5 Å². The Kier molecular flexibility index (Phi) is 6.54. The minimum atomic E-state index is -0.743. The number of halogens is 1. The number of nitrogens with zero attached hydrogens (tertiary/aromatic N) is 2. The molecule has 0 radical (unpaired) electrons. The lowest BCUT2D eigenvalue weighted by molar-refractivity contribution is -0.890. The molecule has 0 heterocycles. The molecule has 0 spiro atoms. The fourth-order valence-corrected chi connectivity index (χ4v) is 2.85. The van der Waals surface area contributed by atoms with Crippen molar-refractivity contribution < 1.29 is 19.7 Å². The summed E-state index contributed by atoms with van der Waals surface area (Å²) in [5.74, 6) is 0.0611. The van der Waals surface area contributed by atoms with Gasteiger partial charge in [-0.05, 0) is 29.5 Å². The first-order chi connectivity index (χ1) is 12.3. The Morgan fingerprint density at radius 1 is 1.35 bits per heavy atom. The summed E-state index contributed by atoms with van der Waals surface area (Å²) in [5, 5.41) is 23.2. The van der Waals surface area contributed by atoms with Crippen molar-refractivity contribution >= 4 is 23.5 Å². The summed E-state index contributed by atoms with van der Waals surface area (Å²) in [6, 6.07) is 10.1. The third-order valence-electron chi connectivity index (χ3n) is 3.99. The summed E-state index contributed by atoms with van der Waals surface area (Å²) in [7, 11) is 5.60. The SMILES string of the molecule is COc1ccccc1[C@@H](CN=Cc1cc(Cl)cc([N+](=O)[O-])c1[O-])[NH+](C)C. The van der Waals surface area contributed by atoms with Crippen LogP contribution in [0.3, 0.4) is 0 Å². The minimum Gasteiger partial charge on any atom is -0.867 e. The number of quaternary nitrogens is 1. The Bertz CT molecular complexity index is 824. The van der Waals surface area contributed by atoms with E-state index in [9.17, 15) is 15.2 Å². The van der Waals surface area contributed by atoms with Crippen molar-refractivity contribution in [1.82, 2.24) is 0 Å². The average Bonchev–Trinajstić information content (AvgIpc) is 2.60. The van der Waals surface area contributed by atoms with Gasteiger partial charge >= 0.3 is 0 Å². The zero-order chi connectivity index (χ0) is 19.3. The van der Waals surface area contributed by atoms with E-state index in [-0.39, 0.29) is 16.6 Å². The predicted molar refractivity (Wildman–Crippen MR) is 98.6 cm³/mol. The molecule has 26 heavy (non-hydrogen) atoms. The number of hydrogen-bond donors (Lipinski definition) is 1. The van der Waals surface area contributed by atoms with E-state index < -0.39 is 16.4 Å². The third-order valence-corrected chi connectivity index (χ3v) is 4.21. The Morgan fingerprint density at radius 2 is 2.04 bits per heavy atom. The molecule has 0 saturated heterocycles. The Labute approximate surface area is 156 Å². The second-order valence-electron chi connectivity index (χ2n) is 5.97. The van der Waals surface area contributed by atoms with Crippen molar-refractivity contribution in [2.45, 2.75) is 6.04 Å². The summed E-state index contributed by atoms with van der Waals surface area (Å²) in [6.07, 6.45) is 1.34. The van der Waals surface area contributed by atoms with Crippen molar-refractivity contribution in [3.63, 3.8) is 0 Å². The van der Waals surface area contributed by atoms with E-state index in [0.29, 0.717) is 6.54 Å². The van der Waals surface area contributed by atoms with Crippen LogP contribution in [0.2, 0.25) is 5.02 Å². The van der Waals surface area contributed by atoms with E-state index in [1.54, 1.807) is 7.11 Å². The molecule has 0 bridgehead atoms. The predicted octanol–water partition coefficient (Wildman–Crippen LogP) is 1.64. The molecular weight excluding hydrogens is 358 g/mol. The van der Waals surface area contributed by atoms with Gasteiger partial charge in [-0.1, -0.05) is 23.7 Å². The second kappa shape index (κ2) is 8.64. The van der Waals surface area contributed by atoms with Crippen molar-refractivity contribution in [3.05, 3.63) is 62.7 Å². The van der Waals surface area contributed by atoms with Crippen LogP contribution in [0.25, 0.3) is 0 Å². The van der Waals surface area contributed by atoms with Crippen LogP contribution in [0, 0.1) is 10.1 Å². The first kappa shape index (κ1) is 19.7. The Hall–Kier alpha value is -2.64. The topological polar surface area (TPSA) is 92.2 Å². The number of para-hydroxylation sites is 1. The fraction of sp³-hybridized carbons (Fsp3) is 0.278. The second-order valence-corrected chi connectivity index (χ2v) is 6.40. The third kappa shape index (κ3) is 4.50. The molecule has 138 valence electrons. The number of methoxy groups -OCH3 is 1. The molecular formula is C18H20ClN3O4. The molecule has 0 fully saturated rings. The summed E-state index contributed by atoms with van der Waals surface area (Å²) in [6.45, 7) is 0.377. The quantitative estimate of drug-likeness (QED) is 0.451. The van der Waals surface area contributed by atoms with Gasteiger partial charge in [0.1, 0.15) is 11.8 Å². The lowest BCUT2D eigenvalue weighted by Crippen LogP contribution is -3.06. The molecule has 0 unspecified atom stereocenters. The van der Waals surface area contributed by atoms with E-state index in [0.717, 1.165) is 22.3 Å². The van der Waals surface area contributed by atoms with Crippen LogP contribution in [0.5, 0.6) is 11.5 Å². The highest BCUT2D eigenvalue weighted by atomic mass is 35.5. The highest BCUT2D eigenvalue weighted by Crippen LogP contribution is 2.30. The zero-order valence-corrected chi connectivity index (χ0v) is 15.5. The molecule has 2 aromatic carbocycles. The van der Waals surface area contributed by atoms with Crippen LogP contribution in [0.4, 0.5) is 5.69 Å². The maximum Gasteiger partial charge on any atom is 0.263 e. The van der Waals surface area contributed by atoms with E-state index in [2.05, 4.69) is 4.99 Å². The van der Waals surface area contributed by atoms with Gasteiger partial charge in [0.15, 0.2) is 0 Å². The molecule has 7 nitrogen and oxygen atoms in total. The van der Waals surface area contributed by atoms with E-state index >= 15 is 0 Å². The van der Waals surface area contributed by atoms with E-state index in [1.807, 2.05) is 38.4 Å². The maximum absolute atomic E-state index is 12.1. The molecule has 8 heteroatoms. The van der Waals surface area contributed by atoms with Crippen molar-refractivity contribution in [2.24, 2.45) is 4.99 Å². The first-order valence-electron chi connectivity index (χ1n) is 7.92. The van der Waals surface area contributed by atoms with Crippen LogP contribution in [-0.4, -0.2) is 38.9 Å². The van der Waals surface area contributed by atoms with Gasteiger partial charge in [0, 0.05) is 17.3 Å². The molecule has 0 amide bonds. The minimum absolute atomic E-state index is 0.00771. The lowest BCUT2D eigenvalue weighted by atomic mass is 10.0. The summed E-state index contributed by atoms with van der Waals surface area (Å²) in [5.41, 5.74) is 0.529. The molecule has 1 N–H and O–H groups in total. The zero-order valence-electron chi connectivity index (χ0n) is 14.7. The van der Waals surface area contributed by atoms with Gasteiger partial charge in [-0.25, -0.2) is 0 Å². The maximum atomic E-state index is 12.1. The van der Waals surface area contributed by atoms with Crippen LogP contribution >= 0.6 is 11.6 Å². The Balaban J connectivity index is 2.29. The number of rotatable bonds is 7. The highest BCUT2D eigenvalue weighted by Gasteiger charge is 2.21. The van der Waals surface area contributed by atoms with E-state index in [4.69, 9.17) is 16.3 Å². The van der Waals surface area contributed by atoms with Gasteiger partial charge in [0.25, 0.3) is 5.69 Å². The van der Waals surface area contributed by atoms with Crippen LogP contribution in [0.15, 0.2) is 41.4 Å². The van der Waals surface area contributed by atoms with Crippen molar-refractivity contribution in [2.75, 3.05) is 27.7 Å². The number of hydrogen-bond acceptors (Lipinski definition) is 5. The molecule has 0 aromatic heterocycles.